The van der Waals surface area contributed by atoms with E-state index in [1.807, 2.05) is 30.5 Å². The van der Waals surface area contributed by atoms with Crippen LogP contribution in [0, 0.1) is 6.92 Å². The van der Waals surface area contributed by atoms with E-state index in [0.717, 1.165) is 16.3 Å². The zero-order chi connectivity index (χ0) is 20.4. The maximum Gasteiger partial charge on any atom is 0.378 e. The van der Waals surface area contributed by atoms with E-state index in [1.54, 1.807) is 26.5 Å². The first kappa shape index (κ1) is 18.8. The Balaban J connectivity index is 1.46. The van der Waals surface area contributed by atoms with Crippen molar-refractivity contribution in [1.82, 2.24) is 24.6 Å². The predicted octanol–water partition coefficient (Wildman–Crippen LogP) is 2.93. The Morgan fingerprint density at radius 2 is 1.97 bits per heavy atom. The Morgan fingerprint density at radius 1 is 1.14 bits per heavy atom. The lowest BCUT2D eigenvalue weighted by molar-refractivity contribution is 0.0454. The van der Waals surface area contributed by atoms with Crippen LogP contribution in [0.15, 0.2) is 35.8 Å². The van der Waals surface area contributed by atoms with E-state index in [9.17, 15) is 4.79 Å². The molecule has 0 amide bonds. The summed E-state index contributed by atoms with van der Waals surface area (Å²) in [6.07, 6.45) is 1.61. The molecule has 0 saturated heterocycles. The van der Waals surface area contributed by atoms with Gasteiger partial charge >= 0.3 is 5.97 Å². The van der Waals surface area contributed by atoms with Gasteiger partial charge in [-0.05, 0) is 31.2 Å². The van der Waals surface area contributed by atoms with Gasteiger partial charge in [-0.25, -0.2) is 19.3 Å². The summed E-state index contributed by atoms with van der Waals surface area (Å²) in [5.74, 6) is 0.945. The highest BCUT2D eigenvalue weighted by atomic mass is 32.1. The molecular weight excluding hydrogens is 394 g/mol. The molecule has 0 spiro atoms. The monoisotopic (exact) mass is 411 g/mol. The van der Waals surface area contributed by atoms with E-state index in [-0.39, 0.29) is 12.4 Å². The van der Waals surface area contributed by atoms with Gasteiger partial charge in [0.15, 0.2) is 11.5 Å². The normalized spacial score (nSPS) is 10.9. The molecule has 0 bridgehead atoms. The quantitative estimate of drug-likeness (QED) is 0.447. The fraction of sp³-hybridized carbons (Fsp3) is 0.211. The molecule has 0 N–H and O–H groups in total. The van der Waals surface area contributed by atoms with Crippen molar-refractivity contribution in [2.24, 2.45) is 0 Å². The molecule has 0 atom stereocenters. The Bertz CT molecular complexity index is 1190. The lowest BCUT2D eigenvalue weighted by atomic mass is 10.2. The van der Waals surface area contributed by atoms with Gasteiger partial charge in [-0.2, -0.15) is 4.98 Å². The maximum absolute atomic E-state index is 12.3. The van der Waals surface area contributed by atoms with Crippen LogP contribution in [0.4, 0.5) is 0 Å². The molecule has 0 fully saturated rings. The summed E-state index contributed by atoms with van der Waals surface area (Å²) in [4.78, 5) is 25.0. The van der Waals surface area contributed by atoms with Crippen molar-refractivity contribution in [3.63, 3.8) is 0 Å². The predicted molar refractivity (Wildman–Crippen MR) is 105 cm³/mol. The molecule has 3 aromatic heterocycles. The van der Waals surface area contributed by atoms with Gasteiger partial charge in [-0.1, -0.05) is 0 Å². The number of esters is 1. The Hall–Kier alpha value is -3.53. The third-order valence-electron chi connectivity index (χ3n) is 4.15. The fourth-order valence-electron chi connectivity index (χ4n) is 2.67. The van der Waals surface area contributed by atoms with Crippen molar-refractivity contribution in [3.05, 3.63) is 53.1 Å². The number of carbonyl (C=O) groups excluding carboxylic acids is 1. The Labute approximate surface area is 169 Å². The summed E-state index contributed by atoms with van der Waals surface area (Å²) in [5, 5.41) is 6.75. The van der Waals surface area contributed by atoms with E-state index in [0.29, 0.717) is 23.0 Å². The topological polar surface area (TPSA) is 101 Å². The Morgan fingerprint density at radius 3 is 2.72 bits per heavy atom. The lowest BCUT2D eigenvalue weighted by Gasteiger charge is -2.08. The largest absolute Gasteiger partial charge is 0.493 e. The standard InChI is InChI=1S/C19H17N5O4S/c1-11-6-7-20-19-22-16(23-24(11)19)18(25)28-9-13-10-29-17(21-13)12-4-5-14(26-2)15(8-12)27-3/h4-8,10H,9H2,1-3H3. The minimum absolute atomic E-state index is 0.0184. The van der Waals surface area contributed by atoms with Crippen molar-refractivity contribution in [2.45, 2.75) is 13.5 Å². The number of carbonyl (C=O) groups is 1. The van der Waals surface area contributed by atoms with Gasteiger partial charge < -0.3 is 14.2 Å². The van der Waals surface area contributed by atoms with Crippen LogP contribution >= 0.6 is 11.3 Å². The number of hydrogen-bond donors (Lipinski definition) is 0. The molecule has 0 aliphatic rings. The molecule has 3 heterocycles. The van der Waals surface area contributed by atoms with E-state index in [4.69, 9.17) is 14.2 Å². The van der Waals surface area contributed by atoms with Crippen LogP contribution < -0.4 is 9.47 Å². The molecule has 148 valence electrons. The summed E-state index contributed by atoms with van der Waals surface area (Å²) >= 11 is 1.44. The number of fused-ring (bicyclic) bond motifs is 1. The smallest absolute Gasteiger partial charge is 0.378 e. The lowest BCUT2D eigenvalue weighted by Crippen LogP contribution is -2.08. The van der Waals surface area contributed by atoms with Crippen LogP contribution in [-0.2, 0) is 11.3 Å². The maximum atomic E-state index is 12.3. The molecule has 10 heteroatoms. The molecule has 0 saturated carbocycles. The first-order valence-electron chi connectivity index (χ1n) is 8.61. The van der Waals surface area contributed by atoms with Crippen molar-refractivity contribution in [2.75, 3.05) is 14.2 Å². The molecular formula is C19H17N5O4S. The highest BCUT2D eigenvalue weighted by Crippen LogP contribution is 2.33. The zero-order valence-electron chi connectivity index (χ0n) is 15.9. The van der Waals surface area contributed by atoms with Gasteiger partial charge in [0, 0.05) is 22.8 Å². The van der Waals surface area contributed by atoms with Gasteiger partial charge in [0.1, 0.15) is 11.6 Å². The molecule has 9 nitrogen and oxygen atoms in total. The SMILES string of the molecule is COc1ccc(-c2nc(COC(=O)c3nc4nccc(C)n4n3)cs2)cc1OC. The van der Waals surface area contributed by atoms with Crippen molar-refractivity contribution >= 4 is 23.1 Å². The second kappa shape index (κ2) is 7.84. The van der Waals surface area contributed by atoms with Gasteiger partial charge in [0.2, 0.25) is 0 Å². The highest BCUT2D eigenvalue weighted by molar-refractivity contribution is 7.13. The number of aryl methyl sites for hydroxylation is 1. The number of methoxy groups -OCH3 is 2. The van der Waals surface area contributed by atoms with Gasteiger partial charge in [-0.3, -0.25) is 0 Å². The number of thiazole rings is 1. The molecule has 4 rings (SSSR count). The van der Waals surface area contributed by atoms with Gasteiger partial charge in [-0.15, -0.1) is 16.4 Å². The van der Waals surface area contributed by atoms with Crippen LogP contribution in [0.5, 0.6) is 11.5 Å². The van der Waals surface area contributed by atoms with Crippen LogP contribution in [0.2, 0.25) is 0 Å². The molecule has 0 unspecified atom stereocenters. The van der Waals surface area contributed by atoms with E-state index in [2.05, 4.69) is 20.1 Å². The number of hydrogen-bond acceptors (Lipinski definition) is 9. The van der Waals surface area contributed by atoms with Crippen LogP contribution in [0.3, 0.4) is 0 Å². The van der Waals surface area contributed by atoms with Crippen molar-refractivity contribution in [3.8, 4) is 22.1 Å². The first-order chi connectivity index (χ1) is 14.1. The number of rotatable bonds is 6. The summed E-state index contributed by atoms with van der Waals surface area (Å²) < 4.78 is 17.4. The van der Waals surface area contributed by atoms with Crippen molar-refractivity contribution < 1.29 is 19.0 Å². The average molecular weight is 411 g/mol. The second-order valence-electron chi connectivity index (χ2n) is 6.02. The summed E-state index contributed by atoms with van der Waals surface area (Å²) in [6.45, 7) is 1.87. The van der Waals surface area contributed by atoms with E-state index >= 15 is 0 Å². The van der Waals surface area contributed by atoms with Gasteiger partial charge in [0.05, 0.1) is 19.9 Å². The molecule has 29 heavy (non-hydrogen) atoms. The first-order valence-corrected chi connectivity index (χ1v) is 9.49. The molecule has 0 aliphatic carbocycles. The second-order valence-corrected chi connectivity index (χ2v) is 6.88. The number of nitrogens with zero attached hydrogens (tertiary/aromatic N) is 5. The van der Waals surface area contributed by atoms with Crippen LogP contribution in [-0.4, -0.2) is 44.8 Å². The van der Waals surface area contributed by atoms with Crippen LogP contribution in [0.1, 0.15) is 22.0 Å². The van der Waals surface area contributed by atoms with Gasteiger partial charge in [0.25, 0.3) is 11.6 Å². The Kier molecular flexibility index (Phi) is 5.09. The average Bonchev–Trinajstić information content (AvgIpc) is 3.39. The highest BCUT2D eigenvalue weighted by Gasteiger charge is 2.17. The molecule has 0 aliphatic heterocycles. The number of ether oxygens (including phenoxy) is 3. The third kappa shape index (κ3) is 3.74. The van der Waals surface area contributed by atoms with E-state index in [1.165, 1.54) is 15.9 Å². The minimum atomic E-state index is -0.629. The van der Waals surface area contributed by atoms with Crippen LogP contribution in [0.25, 0.3) is 16.3 Å². The summed E-state index contributed by atoms with van der Waals surface area (Å²) in [6, 6.07) is 7.34. The molecule has 1 aromatic carbocycles. The number of aromatic nitrogens is 5. The van der Waals surface area contributed by atoms with Crippen molar-refractivity contribution in [1.29, 1.82) is 0 Å². The zero-order valence-corrected chi connectivity index (χ0v) is 16.8. The minimum Gasteiger partial charge on any atom is -0.493 e. The van der Waals surface area contributed by atoms with E-state index < -0.39 is 5.97 Å². The molecule has 0 radical (unpaired) electrons. The molecule has 4 aromatic rings. The summed E-state index contributed by atoms with van der Waals surface area (Å²) in [5.41, 5.74) is 2.33. The third-order valence-corrected chi connectivity index (χ3v) is 5.09. The summed E-state index contributed by atoms with van der Waals surface area (Å²) in [7, 11) is 3.17. The number of benzene rings is 1. The fourth-order valence-corrected chi connectivity index (χ4v) is 3.47.